The van der Waals surface area contributed by atoms with Crippen LogP contribution in [0.1, 0.15) is 19.8 Å². The van der Waals surface area contributed by atoms with Crippen LogP contribution in [0.4, 0.5) is 0 Å². The van der Waals surface area contributed by atoms with Crippen molar-refractivity contribution in [2.45, 2.75) is 24.7 Å². The van der Waals surface area contributed by atoms with Crippen LogP contribution in [0.3, 0.4) is 0 Å². The molecule has 0 heterocycles. The highest BCUT2D eigenvalue weighted by molar-refractivity contribution is 7.89. The molecule has 5 heteroatoms. The zero-order chi connectivity index (χ0) is 13.4. The smallest absolute Gasteiger partial charge is 0.240 e. The third-order valence-corrected chi connectivity index (χ3v) is 3.76. The lowest BCUT2D eigenvalue weighted by atomic mass is 10.3. The lowest BCUT2D eigenvalue weighted by molar-refractivity contribution is 0.370. The maximum atomic E-state index is 11.8. The van der Waals surface area contributed by atoms with Gasteiger partial charge in [0, 0.05) is 6.54 Å². The van der Waals surface area contributed by atoms with Crippen molar-refractivity contribution in [3.63, 3.8) is 0 Å². The molecule has 98 valence electrons. The fraction of sp³-hybridized carbons (Fsp3) is 0.385. The Morgan fingerprint density at radius 1 is 1.33 bits per heavy atom. The molecule has 0 amide bonds. The van der Waals surface area contributed by atoms with Gasteiger partial charge in [-0.15, -0.1) is 6.42 Å². The molecule has 4 nitrogen and oxygen atoms in total. The van der Waals surface area contributed by atoms with E-state index in [-0.39, 0.29) is 11.5 Å². The van der Waals surface area contributed by atoms with E-state index >= 15 is 0 Å². The molecule has 1 rings (SSSR count). The van der Waals surface area contributed by atoms with Crippen LogP contribution in [0.2, 0.25) is 0 Å². The van der Waals surface area contributed by atoms with Crippen LogP contribution in [0.5, 0.6) is 5.75 Å². The standard InChI is InChI=1S/C13H17NO3S/c1-3-5-10-14-18(15,16)13-8-6-12(7-9-13)17-11-4-2/h2,6-9,14H,3,5,10-11H2,1H3. The van der Waals surface area contributed by atoms with Crippen LogP contribution >= 0.6 is 0 Å². The summed E-state index contributed by atoms with van der Waals surface area (Å²) >= 11 is 0. The highest BCUT2D eigenvalue weighted by Crippen LogP contribution is 2.15. The Hall–Kier alpha value is -1.51. The molecule has 0 fully saturated rings. The molecule has 1 N–H and O–H groups in total. The Labute approximate surface area is 108 Å². The first kappa shape index (κ1) is 14.6. The molecular weight excluding hydrogens is 250 g/mol. The van der Waals surface area contributed by atoms with Gasteiger partial charge < -0.3 is 4.74 Å². The van der Waals surface area contributed by atoms with Crippen LogP contribution in [0.15, 0.2) is 29.2 Å². The number of hydrogen-bond acceptors (Lipinski definition) is 3. The number of rotatable bonds is 7. The Kier molecular flexibility index (Phi) is 5.69. The van der Waals surface area contributed by atoms with Gasteiger partial charge in [0.15, 0.2) is 0 Å². The fourth-order valence-electron chi connectivity index (χ4n) is 1.31. The molecule has 0 unspecified atom stereocenters. The molecule has 0 saturated heterocycles. The van der Waals surface area contributed by atoms with Gasteiger partial charge in [-0.2, -0.15) is 0 Å². The highest BCUT2D eigenvalue weighted by Gasteiger charge is 2.12. The molecule has 0 saturated carbocycles. The van der Waals surface area contributed by atoms with Crippen LogP contribution in [0.25, 0.3) is 0 Å². The molecule has 18 heavy (non-hydrogen) atoms. The third kappa shape index (κ3) is 4.40. The summed E-state index contributed by atoms with van der Waals surface area (Å²) in [5, 5.41) is 0. The molecule has 0 radical (unpaired) electrons. The van der Waals surface area contributed by atoms with E-state index in [0.717, 1.165) is 12.8 Å². The zero-order valence-electron chi connectivity index (χ0n) is 10.3. The summed E-state index contributed by atoms with van der Waals surface area (Å²) in [6.07, 6.45) is 6.83. The van der Waals surface area contributed by atoms with Gasteiger partial charge >= 0.3 is 0 Å². The third-order valence-electron chi connectivity index (χ3n) is 2.28. The summed E-state index contributed by atoms with van der Waals surface area (Å²) < 4.78 is 31.4. The molecular formula is C13H17NO3S. The lowest BCUT2D eigenvalue weighted by Crippen LogP contribution is -2.24. The van der Waals surface area contributed by atoms with Gasteiger partial charge in [-0.1, -0.05) is 19.3 Å². The summed E-state index contributed by atoms with van der Waals surface area (Å²) in [5.74, 6) is 2.90. The molecule has 0 bridgehead atoms. The molecule has 1 aromatic carbocycles. The van der Waals surface area contributed by atoms with E-state index in [9.17, 15) is 8.42 Å². The van der Waals surface area contributed by atoms with Crippen molar-refractivity contribution in [1.29, 1.82) is 0 Å². The largest absolute Gasteiger partial charge is 0.481 e. The van der Waals surface area contributed by atoms with E-state index in [1.165, 1.54) is 12.1 Å². The Bertz CT molecular complexity index is 500. The van der Waals surface area contributed by atoms with Gasteiger partial charge in [-0.25, -0.2) is 13.1 Å². The summed E-state index contributed by atoms with van der Waals surface area (Å²) in [7, 11) is -3.42. The summed E-state index contributed by atoms with van der Waals surface area (Å²) in [5.41, 5.74) is 0. The molecule has 0 aliphatic carbocycles. The van der Waals surface area contributed by atoms with Gasteiger partial charge in [0.05, 0.1) is 4.90 Å². The molecule has 0 spiro atoms. The van der Waals surface area contributed by atoms with Crippen molar-refractivity contribution in [3.8, 4) is 18.1 Å². The van der Waals surface area contributed by atoms with Crippen LogP contribution in [0, 0.1) is 12.3 Å². The topological polar surface area (TPSA) is 55.4 Å². The van der Waals surface area contributed by atoms with Gasteiger partial charge in [-0.3, -0.25) is 0 Å². The van der Waals surface area contributed by atoms with Crippen molar-refractivity contribution < 1.29 is 13.2 Å². The zero-order valence-corrected chi connectivity index (χ0v) is 11.2. The summed E-state index contributed by atoms with van der Waals surface area (Å²) in [4.78, 5) is 0.228. The first-order valence-electron chi connectivity index (χ1n) is 5.76. The monoisotopic (exact) mass is 267 g/mol. The minimum atomic E-state index is -3.42. The Morgan fingerprint density at radius 2 is 2.00 bits per heavy atom. The number of nitrogens with one attached hydrogen (secondary N) is 1. The number of ether oxygens (including phenoxy) is 1. The molecule has 0 atom stereocenters. The maximum absolute atomic E-state index is 11.8. The van der Waals surface area contributed by atoms with Crippen molar-refractivity contribution in [2.75, 3.05) is 13.2 Å². The predicted octanol–water partition coefficient (Wildman–Crippen LogP) is 1.78. The van der Waals surface area contributed by atoms with Crippen molar-refractivity contribution in [3.05, 3.63) is 24.3 Å². The van der Waals surface area contributed by atoms with E-state index in [2.05, 4.69) is 10.6 Å². The number of sulfonamides is 1. The van der Waals surface area contributed by atoms with E-state index < -0.39 is 10.0 Å². The first-order valence-corrected chi connectivity index (χ1v) is 7.24. The average Bonchev–Trinajstić information content (AvgIpc) is 2.37. The van der Waals surface area contributed by atoms with Crippen molar-refractivity contribution in [2.24, 2.45) is 0 Å². The quantitative estimate of drug-likeness (QED) is 0.605. The average molecular weight is 267 g/mol. The first-order chi connectivity index (χ1) is 8.60. The van der Waals surface area contributed by atoms with Crippen molar-refractivity contribution in [1.82, 2.24) is 4.72 Å². The number of terminal acetylenes is 1. The van der Waals surface area contributed by atoms with Gasteiger partial charge in [-0.05, 0) is 30.7 Å². The lowest BCUT2D eigenvalue weighted by Gasteiger charge is -2.07. The molecule has 0 aliphatic heterocycles. The summed E-state index contributed by atoms with van der Waals surface area (Å²) in [6.45, 7) is 2.63. The van der Waals surface area contributed by atoms with Gasteiger partial charge in [0.2, 0.25) is 10.0 Å². The van der Waals surface area contributed by atoms with Gasteiger partial charge in [0.25, 0.3) is 0 Å². The number of benzene rings is 1. The normalized spacial score (nSPS) is 10.9. The van der Waals surface area contributed by atoms with E-state index in [0.29, 0.717) is 12.3 Å². The van der Waals surface area contributed by atoms with Gasteiger partial charge in [0.1, 0.15) is 12.4 Å². The van der Waals surface area contributed by atoms with Crippen molar-refractivity contribution >= 4 is 10.0 Å². The molecule has 0 aliphatic rings. The number of hydrogen-bond donors (Lipinski definition) is 1. The SMILES string of the molecule is C#CCOc1ccc(S(=O)(=O)NCCCC)cc1. The van der Waals surface area contributed by atoms with Crippen LogP contribution in [-0.4, -0.2) is 21.6 Å². The predicted molar refractivity (Wildman–Crippen MR) is 70.9 cm³/mol. The minimum absolute atomic E-state index is 0.168. The molecule has 0 aromatic heterocycles. The van der Waals surface area contributed by atoms with E-state index in [4.69, 9.17) is 11.2 Å². The van der Waals surface area contributed by atoms with Crippen LogP contribution in [-0.2, 0) is 10.0 Å². The summed E-state index contributed by atoms with van der Waals surface area (Å²) in [6, 6.07) is 6.18. The second-order valence-electron chi connectivity index (χ2n) is 3.72. The van der Waals surface area contributed by atoms with E-state index in [1.54, 1.807) is 12.1 Å². The second-order valence-corrected chi connectivity index (χ2v) is 5.48. The molecule has 1 aromatic rings. The fourth-order valence-corrected chi connectivity index (χ4v) is 2.38. The van der Waals surface area contributed by atoms with E-state index in [1.807, 2.05) is 6.92 Å². The highest BCUT2D eigenvalue weighted by atomic mass is 32.2. The number of unbranched alkanes of at least 4 members (excludes halogenated alkanes) is 1. The second kappa shape index (κ2) is 7.04. The van der Waals surface area contributed by atoms with Crippen LogP contribution < -0.4 is 9.46 Å². The maximum Gasteiger partial charge on any atom is 0.240 e. The Balaban J connectivity index is 2.69. The Morgan fingerprint density at radius 3 is 2.56 bits per heavy atom. The minimum Gasteiger partial charge on any atom is -0.481 e.